The quantitative estimate of drug-likeness (QED) is 0.418. The van der Waals surface area contributed by atoms with Crippen molar-refractivity contribution < 1.29 is 4.79 Å². The predicted octanol–water partition coefficient (Wildman–Crippen LogP) is 2.21. The molecule has 2 aromatic carbocycles. The lowest BCUT2D eigenvalue weighted by Crippen LogP contribution is -2.24. The van der Waals surface area contributed by atoms with Gasteiger partial charge in [0, 0.05) is 10.5 Å². The van der Waals surface area contributed by atoms with Gasteiger partial charge >= 0.3 is 0 Å². The predicted molar refractivity (Wildman–Crippen MR) is 97.2 cm³/mol. The summed E-state index contributed by atoms with van der Waals surface area (Å²) < 4.78 is 0. The molecule has 8 heteroatoms. The zero-order valence-electron chi connectivity index (χ0n) is 13.5. The van der Waals surface area contributed by atoms with Gasteiger partial charge in [0.15, 0.2) is 0 Å². The molecular formula is C17H16N6OS. The summed E-state index contributed by atoms with van der Waals surface area (Å²) in [5, 5.41) is 15.9. The molecule has 1 aromatic heterocycles. The van der Waals surface area contributed by atoms with Crippen molar-refractivity contribution in [3.05, 3.63) is 60.2 Å². The van der Waals surface area contributed by atoms with E-state index in [2.05, 4.69) is 25.9 Å². The zero-order chi connectivity index (χ0) is 17.5. The van der Waals surface area contributed by atoms with Crippen LogP contribution < -0.4 is 5.43 Å². The van der Waals surface area contributed by atoms with Crippen LogP contribution in [0.5, 0.6) is 0 Å². The second-order valence-electron chi connectivity index (χ2n) is 5.08. The van der Waals surface area contributed by atoms with E-state index in [-0.39, 0.29) is 12.5 Å². The molecule has 1 amide bonds. The molecule has 0 aliphatic heterocycles. The number of nitrogens with zero attached hydrogens (tertiary/aromatic N) is 5. The number of carbonyl (C=O) groups is 1. The molecule has 126 valence electrons. The molecule has 1 heterocycles. The van der Waals surface area contributed by atoms with Crippen LogP contribution in [0.2, 0.25) is 0 Å². The molecule has 0 saturated heterocycles. The number of carbonyl (C=O) groups excluding carboxylic acids is 1. The van der Waals surface area contributed by atoms with Crippen molar-refractivity contribution in [1.29, 1.82) is 0 Å². The molecule has 25 heavy (non-hydrogen) atoms. The molecule has 3 rings (SSSR count). The molecule has 0 bridgehead atoms. The Balaban J connectivity index is 1.54. The van der Waals surface area contributed by atoms with Gasteiger partial charge in [-0.1, -0.05) is 42.5 Å². The Morgan fingerprint density at radius 2 is 1.96 bits per heavy atom. The number of benzene rings is 2. The Morgan fingerprint density at radius 1 is 1.20 bits per heavy atom. The van der Waals surface area contributed by atoms with E-state index in [1.54, 1.807) is 18.0 Å². The third-order valence-electron chi connectivity index (χ3n) is 3.29. The minimum atomic E-state index is -0.325. The first-order valence-electron chi connectivity index (χ1n) is 7.54. The molecule has 0 radical (unpaired) electrons. The van der Waals surface area contributed by atoms with E-state index in [1.807, 2.05) is 60.9 Å². The fourth-order valence-electron chi connectivity index (χ4n) is 2.05. The first-order chi connectivity index (χ1) is 12.2. The summed E-state index contributed by atoms with van der Waals surface area (Å²) in [6, 6.07) is 17.3. The number of rotatable bonds is 6. The van der Waals surface area contributed by atoms with Gasteiger partial charge in [0.2, 0.25) is 5.82 Å². The highest BCUT2D eigenvalue weighted by Gasteiger charge is 2.08. The van der Waals surface area contributed by atoms with Crippen LogP contribution in [0.3, 0.4) is 0 Å². The van der Waals surface area contributed by atoms with Crippen LogP contribution in [0.1, 0.15) is 5.56 Å². The molecule has 0 aliphatic carbocycles. The molecule has 0 unspecified atom stereocenters. The van der Waals surface area contributed by atoms with E-state index in [4.69, 9.17) is 0 Å². The Kier molecular flexibility index (Phi) is 5.53. The standard InChI is InChI=1S/C17H16N6OS/c1-25-15-9-7-13(8-10-15)11-18-19-16(24)12-23-21-17(20-22-23)14-5-3-2-4-6-14/h2-11H,12H2,1H3,(H,19,24)/b18-11+. The normalized spacial score (nSPS) is 10.9. The summed E-state index contributed by atoms with van der Waals surface area (Å²) in [6.45, 7) is -0.0530. The van der Waals surface area contributed by atoms with E-state index in [0.29, 0.717) is 5.82 Å². The van der Waals surface area contributed by atoms with Crippen LogP contribution >= 0.6 is 11.8 Å². The molecule has 1 N–H and O–H groups in total. The Morgan fingerprint density at radius 3 is 2.68 bits per heavy atom. The second-order valence-corrected chi connectivity index (χ2v) is 5.96. The number of tetrazole rings is 1. The topological polar surface area (TPSA) is 85.1 Å². The minimum Gasteiger partial charge on any atom is -0.271 e. The van der Waals surface area contributed by atoms with Crippen molar-refractivity contribution in [2.24, 2.45) is 5.10 Å². The van der Waals surface area contributed by atoms with Crippen LogP contribution in [0.15, 0.2) is 64.6 Å². The van der Waals surface area contributed by atoms with E-state index < -0.39 is 0 Å². The van der Waals surface area contributed by atoms with Crippen molar-refractivity contribution >= 4 is 23.9 Å². The van der Waals surface area contributed by atoms with Crippen LogP contribution in [-0.4, -0.2) is 38.6 Å². The maximum absolute atomic E-state index is 11.9. The largest absolute Gasteiger partial charge is 0.271 e. The van der Waals surface area contributed by atoms with Gasteiger partial charge in [0.05, 0.1) is 6.21 Å². The van der Waals surface area contributed by atoms with Crippen molar-refractivity contribution in [3.8, 4) is 11.4 Å². The Hall–Kier alpha value is -3.00. The molecular weight excluding hydrogens is 336 g/mol. The first kappa shape index (κ1) is 16.8. The number of aromatic nitrogens is 4. The number of thioether (sulfide) groups is 1. The van der Waals surface area contributed by atoms with Crippen molar-refractivity contribution in [1.82, 2.24) is 25.6 Å². The monoisotopic (exact) mass is 352 g/mol. The van der Waals surface area contributed by atoms with Crippen molar-refractivity contribution in [2.75, 3.05) is 6.26 Å². The lowest BCUT2D eigenvalue weighted by atomic mass is 10.2. The molecule has 0 fully saturated rings. The van der Waals surface area contributed by atoms with Crippen LogP contribution in [0.25, 0.3) is 11.4 Å². The van der Waals surface area contributed by atoms with Crippen LogP contribution in [-0.2, 0) is 11.3 Å². The summed E-state index contributed by atoms with van der Waals surface area (Å²) in [5.74, 6) is 0.153. The summed E-state index contributed by atoms with van der Waals surface area (Å²) in [6.07, 6.45) is 3.61. The number of hydrogen-bond acceptors (Lipinski definition) is 6. The van der Waals surface area contributed by atoms with Crippen molar-refractivity contribution in [2.45, 2.75) is 11.4 Å². The highest BCUT2D eigenvalue weighted by atomic mass is 32.2. The van der Waals surface area contributed by atoms with Gasteiger partial charge in [-0.3, -0.25) is 4.79 Å². The van der Waals surface area contributed by atoms with E-state index >= 15 is 0 Å². The summed E-state index contributed by atoms with van der Waals surface area (Å²) >= 11 is 1.67. The lowest BCUT2D eigenvalue weighted by molar-refractivity contribution is -0.122. The fraction of sp³-hybridized carbons (Fsp3) is 0.118. The molecule has 7 nitrogen and oxygen atoms in total. The van der Waals surface area contributed by atoms with Gasteiger partial charge < -0.3 is 0 Å². The van der Waals surface area contributed by atoms with Crippen molar-refractivity contribution in [3.63, 3.8) is 0 Å². The number of hydrazone groups is 1. The smallest absolute Gasteiger partial charge is 0.263 e. The van der Waals surface area contributed by atoms with Gasteiger partial charge in [-0.05, 0) is 29.2 Å². The number of amides is 1. The van der Waals surface area contributed by atoms with E-state index in [1.165, 1.54) is 9.69 Å². The maximum Gasteiger partial charge on any atom is 0.263 e. The average molecular weight is 352 g/mol. The molecule has 3 aromatic rings. The number of nitrogens with one attached hydrogen (secondary N) is 1. The third-order valence-corrected chi connectivity index (χ3v) is 4.03. The molecule has 0 spiro atoms. The highest BCUT2D eigenvalue weighted by molar-refractivity contribution is 7.98. The van der Waals surface area contributed by atoms with E-state index in [9.17, 15) is 4.79 Å². The average Bonchev–Trinajstić information content (AvgIpc) is 3.11. The SMILES string of the molecule is CSc1ccc(/C=N/NC(=O)Cn2nnc(-c3ccccc3)n2)cc1. The summed E-state index contributed by atoms with van der Waals surface area (Å²) in [5.41, 5.74) is 4.21. The van der Waals surface area contributed by atoms with Gasteiger partial charge in [-0.15, -0.1) is 22.0 Å². The second kappa shape index (κ2) is 8.20. The van der Waals surface area contributed by atoms with Gasteiger partial charge in [0.25, 0.3) is 5.91 Å². The Labute approximate surface area is 149 Å². The first-order valence-corrected chi connectivity index (χ1v) is 8.76. The minimum absolute atomic E-state index is 0.0530. The van der Waals surface area contributed by atoms with E-state index in [0.717, 1.165) is 11.1 Å². The molecule has 0 aliphatic rings. The van der Waals surface area contributed by atoms with Gasteiger partial charge in [-0.2, -0.15) is 9.90 Å². The van der Waals surface area contributed by atoms with Gasteiger partial charge in [0.1, 0.15) is 6.54 Å². The summed E-state index contributed by atoms with van der Waals surface area (Å²) in [4.78, 5) is 14.3. The van der Waals surface area contributed by atoms with Crippen LogP contribution in [0, 0.1) is 0 Å². The zero-order valence-corrected chi connectivity index (χ0v) is 14.3. The number of hydrogen-bond donors (Lipinski definition) is 1. The molecule has 0 atom stereocenters. The molecule has 0 saturated carbocycles. The third kappa shape index (κ3) is 4.74. The van der Waals surface area contributed by atoms with Crippen LogP contribution in [0.4, 0.5) is 0 Å². The Bertz CT molecular complexity index is 860. The highest BCUT2D eigenvalue weighted by Crippen LogP contribution is 2.14. The lowest BCUT2D eigenvalue weighted by Gasteiger charge is -1.99. The maximum atomic E-state index is 11.9. The fourth-order valence-corrected chi connectivity index (χ4v) is 2.45. The van der Waals surface area contributed by atoms with Gasteiger partial charge in [-0.25, -0.2) is 5.43 Å². The summed E-state index contributed by atoms with van der Waals surface area (Å²) in [7, 11) is 0.